The first-order valence-electron chi connectivity index (χ1n) is 8.67. The summed E-state index contributed by atoms with van der Waals surface area (Å²) >= 11 is 1.54. The molecule has 0 atom stereocenters. The van der Waals surface area contributed by atoms with Gasteiger partial charge in [0.2, 0.25) is 5.95 Å². The molecule has 0 radical (unpaired) electrons. The van der Waals surface area contributed by atoms with E-state index in [-0.39, 0.29) is 0 Å². The number of halogens is 1. The minimum Gasteiger partial charge on any atom is -0.350 e. The highest BCUT2D eigenvalue weighted by atomic mass is 32.1. The lowest BCUT2D eigenvalue weighted by atomic mass is 10.2. The lowest BCUT2D eigenvalue weighted by molar-refractivity contribution is 0.614. The number of aryl methyl sites for hydroxylation is 1. The number of hydrogen-bond donors (Lipinski definition) is 2. The van der Waals surface area contributed by atoms with Crippen molar-refractivity contribution in [1.29, 1.82) is 0 Å². The normalized spacial score (nSPS) is 13.1. The molecule has 0 spiro atoms. The molecule has 1 aliphatic rings. The summed E-state index contributed by atoms with van der Waals surface area (Å²) < 4.78 is 14.8. The smallest absolute Gasteiger partial charge is 0.229 e. The molecule has 11 heteroatoms. The second-order valence-corrected chi connectivity index (χ2v) is 7.51. The molecule has 2 N–H and O–H groups in total. The Kier molecular flexibility index (Phi) is 4.01. The maximum absolute atomic E-state index is 13.0. The monoisotopic (exact) mass is 397 g/mol. The van der Waals surface area contributed by atoms with Crippen molar-refractivity contribution in [1.82, 2.24) is 34.9 Å². The largest absolute Gasteiger partial charge is 0.350 e. The average Bonchev–Trinajstić information content (AvgIpc) is 3.39. The number of thiazole rings is 1. The number of fused-ring (bicyclic) bond motifs is 3. The topological polar surface area (TPSA) is 100 Å². The van der Waals surface area contributed by atoms with Crippen LogP contribution in [0.5, 0.6) is 0 Å². The molecule has 28 heavy (non-hydrogen) atoms. The number of aromatic amines is 1. The van der Waals surface area contributed by atoms with Crippen LogP contribution in [0.25, 0.3) is 11.3 Å². The van der Waals surface area contributed by atoms with Crippen molar-refractivity contribution in [2.75, 3.05) is 16.8 Å². The summed E-state index contributed by atoms with van der Waals surface area (Å²) in [5.41, 5.74) is 2.84. The highest BCUT2D eigenvalue weighted by Crippen LogP contribution is 2.39. The number of nitrogens with one attached hydrogen (secondary N) is 2. The molecular formula is C17H16FN9S. The standard InChI is InChI=1S/C17H16FN9S/c1-26-4-2-11(25-26)9-27-5-3-13-14(12-8-21-24-15(12)27)22-17(28-13)23-16-19-6-10(18)7-20-16/h2,4,6-8H,3,5,9H2,1H3,(H,21,24)(H,19,20,22,23). The van der Waals surface area contributed by atoms with Crippen LogP contribution in [0.3, 0.4) is 0 Å². The molecule has 5 rings (SSSR count). The molecule has 0 bridgehead atoms. The van der Waals surface area contributed by atoms with Gasteiger partial charge in [-0.1, -0.05) is 0 Å². The van der Waals surface area contributed by atoms with Gasteiger partial charge < -0.3 is 10.2 Å². The van der Waals surface area contributed by atoms with Gasteiger partial charge in [-0.15, -0.1) is 11.3 Å². The van der Waals surface area contributed by atoms with Gasteiger partial charge in [0.05, 0.1) is 42.1 Å². The molecule has 9 nitrogen and oxygen atoms in total. The van der Waals surface area contributed by atoms with Crippen molar-refractivity contribution in [3.05, 3.63) is 47.2 Å². The number of H-pyrrole nitrogens is 1. The third-order valence-corrected chi connectivity index (χ3v) is 5.49. The number of hydrogen-bond acceptors (Lipinski definition) is 8. The van der Waals surface area contributed by atoms with Crippen molar-refractivity contribution in [2.24, 2.45) is 7.05 Å². The number of aromatic nitrogens is 7. The average molecular weight is 397 g/mol. The van der Waals surface area contributed by atoms with Gasteiger partial charge in [-0.2, -0.15) is 10.2 Å². The van der Waals surface area contributed by atoms with E-state index in [1.807, 2.05) is 19.3 Å². The number of anilines is 3. The number of nitrogens with zero attached hydrogens (tertiary/aromatic N) is 7. The Morgan fingerprint density at radius 1 is 1.29 bits per heavy atom. The Balaban J connectivity index is 1.43. The van der Waals surface area contributed by atoms with Gasteiger partial charge >= 0.3 is 0 Å². The SMILES string of the molecule is Cn1ccc(CN2CCc3sc(Nc4ncc(F)cn4)nc3-c3cn[nH]c32)n1. The second kappa shape index (κ2) is 6.68. The summed E-state index contributed by atoms with van der Waals surface area (Å²) in [6, 6.07) is 2.01. The molecule has 5 heterocycles. The minimum atomic E-state index is -0.475. The van der Waals surface area contributed by atoms with Crippen LogP contribution in [0.2, 0.25) is 0 Å². The van der Waals surface area contributed by atoms with Crippen LogP contribution in [0, 0.1) is 5.82 Å². The quantitative estimate of drug-likeness (QED) is 0.546. The Morgan fingerprint density at radius 2 is 2.14 bits per heavy atom. The molecule has 0 unspecified atom stereocenters. The fraction of sp³-hybridized carbons (Fsp3) is 0.235. The van der Waals surface area contributed by atoms with E-state index in [4.69, 9.17) is 4.98 Å². The Hall–Kier alpha value is -3.34. The maximum Gasteiger partial charge on any atom is 0.229 e. The number of rotatable bonds is 4. The summed E-state index contributed by atoms with van der Waals surface area (Å²) in [5, 5.41) is 15.5. The molecule has 0 aliphatic carbocycles. The molecule has 0 aromatic carbocycles. The predicted octanol–water partition coefficient (Wildman–Crippen LogP) is 2.50. The molecule has 1 aliphatic heterocycles. The molecule has 0 saturated heterocycles. The first-order chi connectivity index (χ1) is 13.7. The van der Waals surface area contributed by atoms with E-state index in [9.17, 15) is 4.39 Å². The van der Waals surface area contributed by atoms with E-state index >= 15 is 0 Å². The van der Waals surface area contributed by atoms with Crippen LogP contribution < -0.4 is 10.2 Å². The summed E-state index contributed by atoms with van der Waals surface area (Å²) in [5.74, 6) is 0.769. The lowest BCUT2D eigenvalue weighted by Gasteiger charge is -2.20. The lowest BCUT2D eigenvalue weighted by Crippen LogP contribution is -2.25. The fourth-order valence-electron chi connectivity index (χ4n) is 3.20. The van der Waals surface area contributed by atoms with Gasteiger partial charge in [-0.05, 0) is 6.07 Å². The van der Waals surface area contributed by atoms with Crippen LogP contribution in [-0.4, -0.2) is 41.5 Å². The van der Waals surface area contributed by atoms with E-state index in [1.54, 1.807) is 22.2 Å². The first-order valence-corrected chi connectivity index (χ1v) is 9.49. The molecule has 4 aromatic rings. The van der Waals surface area contributed by atoms with Crippen LogP contribution in [-0.2, 0) is 20.0 Å². The fourth-order valence-corrected chi connectivity index (χ4v) is 4.16. The van der Waals surface area contributed by atoms with Crippen LogP contribution in [0.15, 0.2) is 30.9 Å². The van der Waals surface area contributed by atoms with Crippen LogP contribution in [0.4, 0.5) is 21.3 Å². The summed E-state index contributed by atoms with van der Waals surface area (Å²) in [4.78, 5) is 15.9. The van der Waals surface area contributed by atoms with Crippen LogP contribution in [0.1, 0.15) is 10.6 Å². The third kappa shape index (κ3) is 3.09. The zero-order valence-electron chi connectivity index (χ0n) is 14.9. The second-order valence-electron chi connectivity index (χ2n) is 6.43. The Labute approximate surface area is 163 Å². The Bertz CT molecular complexity index is 1110. The molecule has 0 amide bonds. The predicted molar refractivity (Wildman–Crippen MR) is 103 cm³/mol. The summed E-state index contributed by atoms with van der Waals surface area (Å²) in [6.45, 7) is 1.51. The molecule has 142 valence electrons. The van der Waals surface area contributed by atoms with Gasteiger partial charge in [-0.25, -0.2) is 19.3 Å². The minimum absolute atomic E-state index is 0.314. The maximum atomic E-state index is 13.0. The highest BCUT2D eigenvalue weighted by molar-refractivity contribution is 7.16. The van der Waals surface area contributed by atoms with E-state index in [0.29, 0.717) is 17.6 Å². The van der Waals surface area contributed by atoms with Crippen molar-refractivity contribution < 1.29 is 4.39 Å². The van der Waals surface area contributed by atoms with E-state index in [1.165, 1.54) is 0 Å². The zero-order chi connectivity index (χ0) is 19.1. The highest BCUT2D eigenvalue weighted by Gasteiger charge is 2.26. The Morgan fingerprint density at radius 3 is 2.93 bits per heavy atom. The van der Waals surface area contributed by atoms with Gasteiger partial charge in [0.1, 0.15) is 5.82 Å². The molecular weight excluding hydrogens is 381 g/mol. The summed E-state index contributed by atoms with van der Waals surface area (Å²) in [7, 11) is 1.91. The van der Waals surface area contributed by atoms with E-state index < -0.39 is 5.82 Å². The molecule has 0 fully saturated rings. The van der Waals surface area contributed by atoms with Gasteiger partial charge in [0, 0.05) is 31.1 Å². The summed E-state index contributed by atoms with van der Waals surface area (Å²) in [6.07, 6.45) is 6.82. The van der Waals surface area contributed by atoms with E-state index in [2.05, 4.69) is 35.5 Å². The third-order valence-electron chi connectivity index (χ3n) is 4.46. The van der Waals surface area contributed by atoms with Crippen molar-refractivity contribution in [3.63, 3.8) is 0 Å². The van der Waals surface area contributed by atoms with Crippen molar-refractivity contribution in [3.8, 4) is 11.3 Å². The van der Waals surface area contributed by atoms with E-state index in [0.717, 1.165) is 53.0 Å². The first kappa shape index (κ1) is 16.8. The van der Waals surface area contributed by atoms with Gasteiger partial charge in [0.15, 0.2) is 10.9 Å². The van der Waals surface area contributed by atoms with Gasteiger partial charge in [-0.3, -0.25) is 9.78 Å². The van der Waals surface area contributed by atoms with Crippen molar-refractivity contribution in [2.45, 2.75) is 13.0 Å². The molecule has 0 saturated carbocycles. The zero-order valence-corrected chi connectivity index (χ0v) is 15.7. The van der Waals surface area contributed by atoms with Gasteiger partial charge in [0.25, 0.3) is 0 Å². The molecule has 4 aromatic heterocycles. The van der Waals surface area contributed by atoms with Crippen molar-refractivity contribution >= 4 is 28.2 Å². The van der Waals surface area contributed by atoms with Crippen LogP contribution >= 0.6 is 11.3 Å².